The minimum Gasteiger partial charge on any atom is -0.345 e. The van der Waals surface area contributed by atoms with Crippen molar-refractivity contribution in [2.75, 3.05) is 0 Å². The van der Waals surface area contributed by atoms with E-state index in [1.807, 2.05) is 0 Å². The Morgan fingerprint density at radius 3 is 2.24 bits per heavy atom. The van der Waals surface area contributed by atoms with Crippen LogP contribution in [0.5, 0.6) is 0 Å². The molecular weight excluding hydrogens is 272 g/mol. The number of H-pyrrole nitrogens is 1. The maximum Gasteiger partial charge on any atom is 0.298 e. The second-order valence-corrected chi connectivity index (χ2v) is 5.89. The summed E-state index contributed by atoms with van der Waals surface area (Å²) in [5.41, 5.74) is -0.0485. The summed E-state index contributed by atoms with van der Waals surface area (Å²) in [4.78, 5) is 4.27. The van der Waals surface area contributed by atoms with Gasteiger partial charge in [-0.05, 0) is 12.1 Å². The van der Waals surface area contributed by atoms with E-state index in [0.29, 0.717) is 0 Å². The van der Waals surface area contributed by atoms with Crippen LogP contribution in [0.3, 0.4) is 0 Å². The second kappa shape index (κ2) is 3.50. The van der Waals surface area contributed by atoms with Crippen LogP contribution >= 0.6 is 0 Å². The maximum atomic E-state index is 11.1. The first-order valence-electron chi connectivity index (χ1n) is 4.12. The van der Waals surface area contributed by atoms with Crippen LogP contribution in [0.2, 0.25) is 0 Å². The van der Waals surface area contributed by atoms with Crippen LogP contribution in [0.4, 0.5) is 0 Å². The molecule has 1 aromatic heterocycles. The molecule has 2 aromatic rings. The van der Waals surface area contributed by atoms with E-state index in [1.165, 1.54) is 6.07 Å². The molecule has 8 nitrogen and oxygen atoms in total. The molecule has 3 N–H and O–H groups in total. The third-order valence-corrected chi connectivity index (χ3v) is 4.00. The van der Waals surface area contributed by atoms with E-state index in [2.05, 4.69) is 9.97 Å². The van der Waals surface area contributed by atoms with Gasteiger partial charge in [-0.3, -0.25) is 9.11 Å². The number of hydrogen-bond acceptors (Lipinski definition) is 5. The van der Waals surface area contributed by atoms with Crippen LogP contribution in [0.25, 0.3) is 11.0 Å². The fourth-order valence-corrected chi connectivity index (χ4v) is 3.35. The maximum absolute atomic E-state index is 11.1. The normalized spacial score (nSPS) is 13.1. The highest BCUT2D eigenvalue weighted by molar-refractivity contribution is 7.89. The van der Waals surface area contributed by atoms with Crippen molar-refractivity contribution in [1.82, 2.24) is 9.97 Å². The third kappa shape index (κ3) is 2.02. The molecule has 0 aliphatic carbocycles. The zero-order valence-corrected chi connectivity index (χ0v) is 9.66. The van der Waals surface area contributed by atoms with Crippen molar-refractivity contribution >= 4 is 31.3 Å². The summed E-state index contributed by atoms with van der Waals surface area (Å²) in [6.07, 6.45) is 1.13. The summed E-state index contributed by atoms with van der Waals surface area (Å²) in [5.74, 6) is 0. The summed E-state index contributed by atoms with van der Waals surface area (Å²) in [7, 11) is -9.61. The zero-order valence-electron chi connectivity index (χ0n) is 8.02. The molecular formula is C7H6N2O6S2. The summed E-state index contributed by atoms with van der Waals surface area (Å²) >= 11 is 0. The molecule has 0 unspecified atom stereocenters. The van der Waals surface area contributed by atoms with Gasteiger partial charge in [-0.1, -0.05) is 0 Å². The number of hydrogen-bond donors (Lipinski definition) is 3. The van der Waals surface area contributed by atoms with Crippen LogP contribution in [0.1, 0.15) is 0 Å². The minimum atomic E-state index is -4.83. The van der Waals surface area contributed by atoms with Crippen LogP contribution in [-0.2, 0) is 20.2 Å². The third-order valence-electron chi connectivity index (χ3n) is 2.04. The molecule has 0 radical (unpaired) electrons. The predicted octanol–water partition coefficient (Wildman–Crippen LogP) is 0.0563. The highest BCUT2D eigenvalue weighted by Crippen LogP contribution is 2.27. The number of rotatable bonds is 2. The van der Waals surface area contributed by atoms with E-state index in [4.69, 9.17) is 9.11 Å². The Morgan fingerprint density at radius 2 is 1.71 bits per heavy atom. The van der Waals surface area contributed by atoms with E-state index in [1.54, 1.807) is 0 Å². The largest absolute Gasteiger partial charge is 0.345 e. The smallest absolute Gasteiger partial charge is 0.298 e. The summed E-state index contributed by atoms with van der Waals surface area (Å²) in [6, 6.07) is 2.08. The second-order valence-electron chi connectivity index (χ2n) is 3.14. The fraction of sp³-hybridized carbons (Fsp3) is 0. The van der Waals surface area contributed by atoms with Gasteiger partial charge in [0, 0.05) is 0 Å². The van der Waals surface area contributed by atoms with Gasteiger partial charge in [0.05, 0.1) is 11.8 Å². The molecule has 92 valence electrons. The van der Waals surface area contributed by atoms with E-state index in [9.17, 15) is 16.8 Å². The molecule has 1 aromatic carbocycles. The van der Waals surface area contributed by atoms with Crippen LogP contribution in [-0.4, -0.2) is 35.9 Å². The first-order chi connectivity index (χ1) is 7.71. The van der Waals surface area contributed by atoms with Gasteiger partial charge in [0.25, 0.3) is 20.2 Å². The Bertz CT molecular complexity index is 789. The van der Waals surface area contributed by atoms with Crippen molar-refractivity contribution < 1.29 is 25.9 Å². The lowest BCUT2D eigenvalue weighted by atomic mass is 10.3. The lowest BCUT2D eigenvalue weighted by molar-refractivity contribution is 0.467. The van der Waals surface area contributed by atoms with E-state index in [0.717, 1.165) is 12.4 Å². The quantitative estimate of drug-likeness (QED) is 0.660. The first-order valence-corrected chi connectivity index (χ1v) is 7.00. The first kappa shape index (κ1) is 12.0. The Morgan fingerprint density at radius 1 is 1.06 bits per heavy atom. The Labute approximate surface area is 95.8 Å². The monoisotopic (exact) mass is 278 g/mol. The van der Waals surface area contributed by atoms with Gasteiger partial charge < -0.3 is 4.98 Å². The van der Waals surface area contributed by atoms with Crippen molar-refractivity contribution in [3.8, 4) is 0 Å². The van der Waals surface area contributed by atoms with Crippen LogP contribution in [0, 0.1) is 0 Å². The van der Waals surface area contributed by atoms with Gasteiger partial charge in [-0.2, -0.15) is 16.8 Å². The average Bonchev–Trinajstić information content (AvgIpc) is 2.59. The number of aromatic nitrogens is 2. The molecule has 10 heteroatoms. The van der Waals surface area contributed by atoms with Gasteiger partial charge >= 0.3 is 0 Å². The molecule has 0 bridgehead atoms. The molecule has 0 spiro atoms. The minimum absolute atomic E-state index is 0.213. The van der Waals surface area contributed by atoms with Gasteiger partial charge in [0.2, 0.25) is 0 Å². The molecule has 1 heterocycles. The number of nitrogens with one attached hydrogen (secondary N) is 1. The Kier molecular flexibility index (Phi) is 2.47. The summed E-state index contributed by atoms with van der Waals surface area (Å²) < 4.78 is 62.2. The van der Waals surface area contributed by atoms with E-state index < -0.39 is 30.0 Å². The predicted molar refractivity (Wildman–Crippen MR) is 55.7 cm³/mol. The molecule has 0 atom stereocenters. The zero-order chi connectivity index (χ0) is 12.8. The van der Waals surface area contributed by atoms with E-state index >= 15 is 0 Å². The molecule has 17 heavy (non-hydrogen) atoms. The standard InChI is InChI=1S/C7H6N2O6S2/c10-16(11,12)5-2-1-4-6(9-3-8-4)7(5)17(13,14)15/h1-3H,(H,8,9)(H,10,11,12)(H,13,14,15). The SMILES string of the molecule is O=S(=O)(O)c1ccc2[nH]cnc2c1S(=O)(=O)O. The molecule has 0 amide bonds. The van der Waals surface area contributed by atoms with Crippen molar-refractivity contribution in [2.45, 2.75) is 9.79 Å². The number of fused-ring (bicyclic) bond motifs is 1. The molecule has 0 aliphatic rings. The lowest BCUT2D eigenvalue weighted by Gasteiger charge is -2.04. The Hall–Kier alpha value is -1.49. The topological polar surface area (TPSA) is 137 Å². The highest BCUT2D eigenvalue weighted by atomic mass is 32.2. The number of nitrogens with zero attached hydrogens (tertiary/aromatic N) is 1. The molecule has 0 saturated heterocycles. The van der Waals surface area contributed by atoms with Crippen molar-refractivity contribution in [1.29, 1.82) is 0 Å². The van der Waals surface area contributed by atoms with E-state index in [-0.39, 0.29) is 11.0 Å². The van der Waals surface area contributed by atoms with Crippen molar-refractivity contribution in [2.24, 2.45) is 0 Å². The molecule has 0 aliphatic heterocycles. The number of benzene rings is 1. The Balaban J connectivity index is 3.06. The van der Waals surface area contributed by atoms with Gasteiger partial charge in [0.15, 0.2) is 0 Å². The number of imidazole rings is 1. The van der Waals surface area contributed by atoms with Crippen molar-refractivity contribution in [3.63, 3.8) is 0 Å². The van der Waals surface area contributed by atoms with Gasteiger partial charge in [0.1, 0.15) is 15.3 Å². The average molecular weight is 278 g/mol. The van der Waals surface area contributed by atoms with Gasteiger partial charge in [-0.25, -0.2) is 4.98 Å². The fourth-order valence-electron chi connectivity index (χ4n) is 1.42. The van der Waals surface area contributed by atoms with Crippen LogP contribution in [0.15, 0.2) is 28.3 Å². The van der Waals surface area contributed by atoms with Gasteiger partial charge in [-0.15, -0.1) is 0 Å². The molecule has 0 fully saturated rings. The highest BCUT2D eigenvalue weighted by Gasteiger charge is 2.27. The molecule has 0 saturated carbocycles. The summed E-state index contributed by atoms with van der Waals surface area (Å²) in [5, 5.41) is 0. The molecule has 2 rings (SSSR count). The van der Waals surface area contributed by atoms with Crippen LogP contribution < -0.4 is 0 Å². The summed E-state index contributed by atoms with van der Waals surface area (Å²) in [6.45, 7) is 0. The van der Waals surface area contributed by atoms with Crippen molar-refractivity contribution in [3.05, 3.63) is 18.5 Å². The lowest BCUT2D eigenvalue weighted by Crippen LogP contribution is -2.09. The number of aromatic amines is 1.